The first kappa shape index (κ1) is 13.0. The SMILES string of the molecule is O=C(COc1ccc(O)cc1)NCc1ccccc1. The summed E-state index contributed by atoms with van der Waals surface area (Å²) in [5.41, 5.74) is 1.04. The highest BCUT2D eigenvalue weighted by Gasteiger charge is 2.02. The summed E-state index contributed by atoms with van der Waals surface area (Å²) in [6.07, 6.45) is 0. The summed E-state index contributed by atoms with van der Waals surface area (Å²) in [6, 6.07) is 15.9. The smallest absolute Gasteiger partial charge is 0.258 e. The van der Waals surface area contributed by atoms with E-state index in [0.717, 1.165) is 5.56 Å². The van der Waals surface area contributed by atoms with Crippen LogP contribution in [0.15, 0.2) is 54.6 Å². The number of hydrogen-bond acceptors (Lipinski definition) is 3. The molecule has 98 valence electrons. The summed E-state index contributed by atoms with van der Waals surface area (Å²) >= 11 is 0. The molecule has 0 bridgehead atoms. The number of phenols is 1. The predicted octanol–water partition coefficient (Wildman–Crippen LogP) is 2.09. The van der Waals surface area contributed by atoms with E-state index in [-0.39, 0.29) is 18.3 Å². The van der Waals surface area contributed by atoms with Crippen molar-refractivity contribution in [2.45, 2.75) is 6.54 Å². The largest absolute Gasteiger partial charge is 0.508 e. The third-order valence-corrected chi connectivity index (χ3v) is 2.54. The Bertz CT molecular complexity index is 523. The number of nitrogens with one attached hydrogen (secondary N) is 1. The maximum Gasteiger partial charge on any atom is 0.258 e. The highest BCUT2D eigenvalue weighted by Crippen LogP contribution is 2.15. The van der Waals surface area contributed by atoms with Crippen LogP contribution in [0.2, 0.25) is 0 Å². The number of carbonyl (C=O) groups is 1. The standard InChI is InChI=1S/C15H15NO3/c17-13-6-8-14(9-7-13)19-11-15(18)16-10-12-4-2-1-3-5-12/h1-9,17H,10-11H2,(H,16,18). The molecule has 0 spiro atoms. The Balaban J connectivity index is 1.74. The molecule has 0 fully saturated rings. The molecule has 0 atom stereocenters. The zero-order valence-electron chi connectivity index (χ0n) is 10.4. The van der Waals surface area contributed by atoms with Crippen LogP contribution < -0.4 is 10.1 Å². The summed E-state index contributed by atoms with van der Waals surface area (Å²) in [5, 5.41) is 11.9. The van der Waals surface area contributed by atoms with Gasteiger partial charge < -0.3 is 15.2 Å². The van der Waals surface area contributed by atoms with Crippen molar-refractivity contribution in [1.82, 2.24) is 5.32 Å². The highest BCUT2D eigenvalue weighted by molar-refractivity contribution is 5.77. The van der Waals surface area contributed by atoms with Gasteiger partial charge in [-0.05, 0) is 29.8 Å². The molecule has 0 unspecified atom stereocenters. The van der Waals surface area contributed by atoms with E-state index < -0.39 is 0 Å². The van der Waals surface area contributed by atoms with Gasteiger partial charge in [-0.25, -0.2) is 0 Å². The van der Waals surface area contributed by atoms with Crippen molar-refractivity contribution in [2.75, 3.05) is 6.61 Å². The molecule has 2 rings (SSSR count). The normalized spacial score (nSPS) is 9.89. The Labute approximate surface area is 111 Å². The van der Waals surface area contributed by atoms with Crippen LogP contribution in [0.1, 0.15) is 5.56 Å². The molecule has 0 radical (unpaired) electrons. The average molecular weight is 257 g/mol. The second-order valence-corrected chi connectivity index (χ2v) is 4.04. The number of aromatic hydroxyl groups is 1. The second-order valence-electron chi connectivity index (χ2n) is 4.04. The summed E-state index contributed by atoms with van der Waals surface area (Å²) in [4.78, 5) is 11.6. The number of carbonyl (C=O) groups excluding carboxylic acids is 1. The maximum absolute atomic E-state index is 11.6. The molecular weight excluding hydrogens is 242 g/mol. The third-order valence-electron chi connectivity index (χ3n) is 2.54. The first-order chi connectivity index (χ1) is 9.24. The van der Waals surface area contributed by atoms with Gasteiger partial charge in [-0.3, -0.25) is 4.79 Å². The van der Waals surface area contributed by atoms with Crippen molar-refractivity contribution < 1.29 is 14.6 Å². The van der Waals surface area contributed by atoms with E-state index >= 15 is 0 Å². The monoisotopic (exact) mass is 257 g/mol. The summed E-state index contributed by atoms with van der Waals surface area (Å²) < 4.78 is 5.29. The lowest BCUT2D eigenvalue weighted by molar-refractivity contribution is -0.123. The first-order valence-corrected chi connectivity index (χ1v) is 5.96. The topological polar surface area (TPSA) is 58.6 Å². The second kappa shape index (κ2) is 6.44. The van der Waals surface area contributed by atoms with E-state index in [1.807, 2.05) is 30.3 Å². The van der Waals surface area contributed by atoms with Crippen LogP contribution in [0.25, 0.3) is 0 Å². The molecule has 2 aromatic rings. The fourth-order valence-electron chi connectivity index (χ4n) is 1.54. The Morgan fingerprint density at radius 2 is 1.74 bits per heavy atom. The van der Waals surface area contributed by atoms with Gasteiger partial charge >= 0.3 is 0 Å². The van der Waals surface area contributed by atoms with Gasteiger partial charge in [0.15, 0.2) is 6.61 Å². The Morgan fingerprint density at radius 1 is 1.05 bits per heavy atom. The fourth-order valence-corrected chi connectivity index (χ4v) is 1.54. The quantitative estimate of drug-likeness (QED) is 0.862. The van der Waals surface area contributed by atoms with Crippen molar-refractivity contribution in [3.63, 3.8) is 0 Å². The molecule has 4 nitrogen and oxygen atoms in total. The number of phenolic OH excluding ortho intramolecular Hbond substituents is 1. The molecule has 0 aliphatic carbocycles. The predicted molar refractivity (Wildman–Crippen MR) is 71.9 cm³/mol. The Hall–Kier alpha value is -2.49. The maximum atomic E-state index is 11.6. The highest BCUT2D eigenvalue weighted by atomic mass is 16.5. The molecule has 4 heteroatoms. The van der Waals surface area contributed by atoms with Crippen LogP contribution >= 0.6 is 0 Å². The van der Waals surface area contributed by atoms with E-state index in [0.29, 0.717) is 12.3 Å². The van der Waals surface area contributed by atoms with Crippen molar-refractivity contribution in [2.24, 2.45) is 0 Å². The molecule has 1 amide bonds. The minimum absolute atomic E-state index is 0.0440. The summed E-state index contributed by atoms with van der Waals surface area (Å²) in [5.74, 6) is 0.533. The molecule has 0 aliphatic heterocycles. The molecule has 0 aliphatic rings. The van der Waals surface area contributed by atoms with Crippen molar-refractivity contribution >= 4 is 5.91 Å². The van der Waals surface area contributed by atoms with E-state index in [1.54, 1.807) is 12.1 Å². The van der Waals surface area contributed by atoms with Gasteiger partial charge in [0.05, 0.1) is 0 Å². The van der Waals surface area contributed by atoms with Crippen LogP contribution in [-0.2, 0) is 11.3 Å². The Kier molecular flexibility index (Phi) is 4.39. The minimum Gasteiger partial charge on any atom is -0.508 e. The Morgan fingerprint density at radius 3 is 2.42 bits per heavy atom. The molecule has 0 saturated carbocycles. The van der Waals surface area contributed by atoms with E-state index in [4.69, 9.17) is 9.84 Å². The zero-order valence-corrected chi connectivity index (χ0v) is 10.4. The number of amides is 1. The summed E-state index contributed by atoms with van der Waals surface area (Å²) in [7, 11) is 0. The zero-order chi connectivity index (χ0) is 13.5. The van der Waals surface area contributed by atoms with Gasteiger partial charge in [-0.1, -0.05) is 30.3 Å². The van der Waals surface area contributed by atoms with Gasteiger partial charge in [0.25, 0.3) is 5.91 Å². The van der Waals surface area contributed by atoms with E-state index in [2.05, 4.69) is 5.32 Å². The van der Waals surface area contributed by atoms with Gasteiger partial charge in [-0.15, -0.1) is 0 Å². The summed E-state index contributed by atoms with van der Waals surface area (Å²) in [6.45, 7) is 0.441. The molecular formula is C15H15NO3. The lowest BCUT2D eigenvalue weighted by Crippen LogP contribution is -2.28. The van der Waals surface area contributed by atoms with Gasteiger partial charge in [0.2, 0.25) is 0 Å². The number of hydrogen-bond donors (Lipinski definition) is 2. The number of benzene rings is 2. The van der Waals surface area contributed by atoms with Crippen LogP contribution in [0.5, 0.6) is 11.5 Å². The van der Waals surface area contributed by atoms with Crippen LogP contribution in [0.4, 0.5) is 0 Å². The van der Waals surface area contributed by atoms with E-state index in [9.17, 15) is 4.79 Å². The van der Waals surface area contributed by atoms with Crippen molar-refractivity contribution in [3.8, 4) is 11.5 Å². The number of rotatable bonds is 5. The fraction of sp³-hybridized carbons (Fsp3) is 0.133. The van der Waals surface area contributed by atoms with Gasteiger partial charge in [0.1, 0.15) is 11.5 Å². The van der Waals surface area contributed by atoms with Crippen LogP contribution in [0, 0.1) is 0 Å². The van der Waals surface area contributed by atoms with Gasteiger partial charge in [0, 0.05) is 6.54 Å². The van der Waals surface area contributed by atoms with Crippen LogP contribution in [0.3, 0.4) is 0 Å². The lowest BCUT2D eigenvalue weighted by atomic mass is 10.2. The van der Waals surface area contributed by atoms with E-state index in [1.165, 1.54) is 12.1 Å². The average Bonchev–Trinajstić information content (AvgIpc) is 2.45. The van der Waals surface area contributed by atoms with Crippen LogP contribution in [-0.4, -0.2) is 17.6 Å². The third kappa shape index (κ3) is 4.35. The lowest BCUT2D eigenvalue weighted by Gasteiger charge is -2.07. The minimum atomic E-state index is -0.183. The first-order valence-electron chi connectivity index (χ1n) is 5.96. The molecule has 0 saturated heterocycles. The molecule has 0 heterocycles. The molecule has 2 aromatic carbocycles. The molecule has 19 heavy (non-hydrogen) atoms. The molecule has 2 N–H and O–H groups in total. The van der Waals surface area contributed by atoms with Crippen molar-refractivity contribution in [3.05, 3.63) is 60.2 Å². The number of ether oxygens (including phenoxy) is 1. The van der Waals surface area contributed by atoms with Gasteiger partial charge in [-0.2, -0.15) is 0 Å². The molecule has 0 aromatic heterocycles. The van der Waals surface area contributed by atoms with Crippen molar-refractivity contribution in [1.29, 1.82) is 0 Å².